The Hall–Kier alpha value is -0.0800. The summed E-state index contributed by atoms with van der Waals surface area (Å²) in [5, 5.41) is 0. The fourth-order valence-corrected chi connectivity index (χ4v) is 2.70. The maximum Gasteiger partial charge on any atom is 0.0703 e. The molecule has 1 saturated heterocycles. The Balaban J connectivity index is 1.94. The minimum absolute atomic E-state index is 0.364. The summed E-state index contributed by atoms with van der Waals surface area (Å²) in [5.41, 5.74) is 6.14. The minimum Gasteiger partial charge on any atom is -0.376 e. The van der Waals surface area contributed by atoms with Gasteiger partial charge in [-0.05, 0) is 24.7 Å². The molecule has 1 spiro atoms. The standard InChI is InChI=1S/C10H19NO/c11-7-9-6-10(8-12-9)4-2-1-3-5-10/h9H,1-8,11H2/t9-/m0/s1. The van der Waals surface area contributed by atoms with Gasteiger partial charge in [0.15, 0.2) is 0 Å². The molecule has 2 heteroatoms. The second-order valence-electron chi connectivity index (χ2n) is 4.43. The third-order valence-electron chi connectivity index (χ3n) is 3.46. The van der Waals surface area contributed by atoms with E-state index in [4.69, 9.17) is 10.5 Å². The third-order valence-corrected chi connectivity index (χ3v) is 3.46. The molecule has 1 atom stereocenters. The molecule has 12 heavy (non-hydrogen) atoms. The van der Waals surface area contributed by atoms with Crippen molar-refractivity contribution in [3.05, 3.63) is 0 Å². The maximum absolute atomic E-state index is 5.67. The molecule has 2 fully saturated rings. The average Bonchev–Trinajstić information content (AvgIpc) is 2.50. The van der Waals surface area contributed by atoms with Crippen molar-refractivity contribution < 1.29 is 4.74 Å². The molecule has 0 aromatic rings. The number of rotatable bonds is 1. The lowest BCUT2D eigenvalue weighted by molar-refractivity contribution is 0.0882. The average molecular weight is 169 g/mol. The monoisotopic (exact) mass is 169 g/mol. The Morgan fingerprint density at radius 2 is 2.00 bits per heavy atom. The van der Waals surface area contributed by atoms with Crippen molar-refractivity contribution in [1.29, 1.82) is 0 Å². The smallest absolute Gasteiger partial charge is 0.0703 e. The van der Waals surface area contributed by atoms with Crippen molar-refractivity contribution in [3.8, 4) is 0 Å². The highest BCUT2D eigenvalue weighted by molar-refractivity contribution is 4.90. The Morgan fingerprint density at radius 3 is 2.58 bits per heavy atom. The molecule has 1 aliphatic heterocycles. The van der Waals surface area contributed by atoms with Gasteiger partial charge in [0.25, 0.3) is 0 Å². The SMILES string of the molecule is NC[C@@H]1CC2(CCCCC2)CO1. The second-order valence-corrected chi connectivity index (χ2v) is 4.43. The molecule has 0 unspecified atom stereocenters. The Bertz CT molecular complexity index is 152. The molecule has 0 aromatic heterocycles. The van der Waals surface area contributed by atoms with Crippen LogP contribution in [0.15, 0.2) is 0 Å². The summed E-state index contributed by atoms with van der Waals surface area (Å²) < 4.78 is 5.67. The van der Waals surface area contributed by atoms with E-state index in [0.29, 0.717) is 18.1 Å². The first-order valence-corrected chi connectivity index (χ1v) is 5.16. The summed E-state index contributed by atoms with van der Waals surface area (Å²) in [6.07, 6.45) is 8.58. The molecular weight excluding hydrogens is 150 g/mol. The molecule has 2 N–H and O–H groups in total. The van der Waals surface area contributed by atoms with E-state index in [1.54, 1.807) is 0 Å². The van der Waals surface area contributed by atoms with Crippen molar-refractivity contribution in [2.75, 3.05) is 13.2 Å². The number of ether oxygens (including phenoxy) is 1. The second kappa shape index (κ2) is 3.35. The molecule has 0 amide bonds. The maximum atomic E-state index is 5.67. The van der Waals surface area contributed by atoms with E-state index in [-0.39, 0.29) is 0 Å². The highest BCUT2D eigenvalue weighted by Gasteiger charge is 2.39. The van der Waals surface area contributed by atoms with E-state index in [9.17, 15) is 0 Å². The van der Waals surface area contributed by atoms with Gasteiger partial charge in [0.1, 0.15) is 0 Å². The van der Waals surface area contributed by atoms with Gasteiger partial charge in [0, 0.05) is 6.54 Å². The van der Waals surface area contributed by atoms with Gasteiger partial charge in [-0.2, -0.15) is 0 Å². The van der Waals surface area contributed by atoms with Crippen LogP contribution in [-0.4, -0.2) is 19.3 Å². The van der Waals surface area contributed by atoms with Crippen LogP contribution < -0.4 is 5.73 Å². The lowest BCUT2D eigenvalue weighted by Gasteiger charge is -2.31. The predicted molar refractivity (Wildman–Crippen MR) is 48.9 cm³/mol. The van der Waals surface area contributed by atoms with Crippen LogP contribution in [0.25, 0.3) is 0 Å². The zero-order valence-electron chi connectivity index (χ0n) is 7.72. The molecule has 1 saturated carbocycles. The van der Waals surface area contributed by atoms with E-state index in [1.807, 2.05) is 0 Å². The number of hydrogen-bond donors (Lipinski definition) is 1. The van der Waals surface area contributed by atoms with E-state index in [0.717, 1.165) is 6.61 Å². The summed E-state index contributed by atoms with van der Waals surface area (Å²) >= 11 is 0. The van der Waals surface area contributed by atoms with E-state index in [1.165, 1.54) is 38.5 Å². The quantitative estimate of drug-likeness (QED) is 0.648. The Morgan fingerprint density at radius 1 is 1.25 bits per heavy atom. The van der Waals surface area contributed by atoms with Crippen LogP contribution in [-0.2, 0) is 4.74 Å². The van der Waals surface area contributed by atoms with Crippen LogP contribution >= 0.6 is 0 Å². The van der Waals surface area contributed by atoms with Crippen LogP contribution in [0.2, 0.25) is 0 Å². The predicted octanol–water partition coefficient (Wildman–Crippen LogP) is 1.68. The van der Waals surface area contributed by atoms with Crippen molar-refractivity contribution >= 4 is 0 Å². The van der Waals surface area contributed by atoms with Crippen LogP contribution in [0, 0.1) is 5.41 Å². The van der Waals surface area contributed by atoms with Crippen LogP contribution in [0.4, 0.5) is 0 Å². The van der Waals surface area contributed by atoms with Gasteiger partial charge in [-0.25, -0.2) is 0 Å². The van der Waals surface area contributed by atoms with E-state index in [2.05, 4.69) is 0 Å². The zero-order valence-corrected chi connectivity index (χ0v) is 7.72. The van der Waals surface area contributed by atoms with Crippen molar-refractivity contribution in [2.24, 2.45) is 11.1 Å². The number of nitrogens with two attached hydrogens (primary N) is 1. The summed E-state index contributed by atoms with van der Waals surface area (Å²) in [5.74, 6) is 0. The molecule has 2 rings (SSSR count). The van der Waals surface area contributed by atoms with Gasteiger partial charge in [-0.1, -0.05) is 19.3 Å². The number of hydrogen-bond acceptors (Lipinski definition) is 2. The van der Waals surface area contributed by atoms with Gasteiger partial charge < -0.3 is 10.5 Å². The molecule has 1 heterocycles. The van der Waals surface area contributed by atoms with Gasteiger partial charge in [0.05, 0.1) is 12.7 Å². The van der Waals surface area contributed by atoms with Crippen LogP contribution in [0.5, 0.6) is 0 Å². The molecule has 0 aromatic carbocycles. The molecule has 1 aliphatic carbocycles. The lowest BCUT2D eigenvalue weighted by Crippen LogP contribution is -2.25. The van der Waals surface area contributed by atoms with Crippen LogP contribution in [0.1, 0.15) is 38.5 Å². The highest BCUT2D eigenvalue weighted by atomic mass is 16.5. The normalized spacial score (nSPS) is 34.2. The zero-order chi connectivity index (χ0) is 8.44. The molecule has 0 radical (unpaired) electrons. The summed E-state index contributed by atoms with van der Waals surface area (Å²) in [6.45, 7) is 1.69. The minimum atomic E-state index is 0.364. The van der Waals surface area contributed by atoms with E-state index >= 15 is 0 Å². The van der Waals surface area contributed by atoms with Gasteiger partial charge in [-0.15, -0.1) is 0 Å². The van der Waals surface area contributed by atoms with Crippen LogP contribution in [0.3, 0.4) is 0 Å². The highest BCUT2D eigenvalue weighted by Crippen LogP contribution is 2.44. The van der Waals surface area contributed by atoms with E-state index < -0.39 is 0 Å². The first kappa shape index (κ1) is 8.52. The molecule has 2 nitrogen and oxygen atoms in total. The Labute approximate surface area is 74.5 Å². The lowest BCUT2D eigenvalue weighted by atomic mass is 9.73. The van der Waals surface area contributed by atoms with Crippen molar-refractivity contribution in [2.45, 2.75) is 44.6 Å². The topological polar surface area (TPSA) is 35.2 Å². The third kappa shape index (κ3) is 1.50. The van der Waals surface area contributed by atoms with Gasteiger partial charge in [0.2, 0.25) is 0 Å². The fraction of sp³-hybridized carbons (Fsp3) is 1.00. The van der Waals surface area contributed by atoms with Gasteiger partial charge >= 0.3 is 0 Å². The first-order valence-electron chi connectivity index (χ1n) is 5.16. The largest absolute Gasteiger partial charge is 0.376 e. The molecule has 70 valence electrons. The fourth-order valence-electron chi connectivity index (χ4n) is 2.70. The summed E-state index contributed by atoms with van der Waals surface area (Å²) in [6, 6.07) is 0. The molecular formula is C10H19NO. The Kier molecular flexibility index (Phi) is 2.37. The molecule has 2 aliphatic rings. The summed E-state index contributed by atoms with van der Waals surface area (Å²) in [4.78, 5) is 0. The molecule has 0 bridgehead atoms. The van der Waals surface area contributed by atoms with Gasteiger partial charge in [-0.3, -0.25) is 0 Å². The van der Waals surface area contributed by atoms with Crippen molar-refractivity contribution in [1.82, 2.24) is 0 Å². The van der Waals surface area contributed by atoms with Crippen molar-refractivity contribution in [3.63, 3.8) is 0 Å². The summed E-state index contributed by atoms with van der Waals surface area (Å²) in [7, 11) is 0. The first-order chi connectivity index (χ1) is 5.85.